The quantitative estimate of drug-likeness (QED) is 0.613. The summed E-state index contributed by atoms with van der Waals surface area (Å²) >= 11 is 3.15. The highest BCUT2D eigenvalue weighted by molar-refractivity contribution is 9.10. The van der Waals surface area contributed by atoms with Crippen molar-refractivity contribution in [1.82, 2.24) is 10.5 Å². The lowest BCUT2D eigenvalue weighted by molar-refractivity contribution is 0.0537. The Morgan fingerprint density at radius 2 is 2.50 bits per heavy atom. The molecule has 0 radical (unpaired) electrons. The van der Waals surface area contributed by atoms with Crippen LogP contribution in [0.2, 0.25) is 0 Å². The minimum absolute atomic E-state index is 0.291. The summed E-state index contributed by atoms with van der Waals surface area (Å²) in [4.78, 5) is 19.5. The van der Waals surface area contributed by atoms with Crippen molar-refractivity contribution in [2.75, 3.05) is 7.11 Å². The largest absolute Gasteiger partial charge is 0.277 e. The van der Waals surface area contributed by atoms with Crippen molar-refractivity contribution in [2.45, 2.75) is 0 Å². The minimum atomic E-state index is -0.291. The first-order valence-electron chi connectivity index (χ1n) is 3.19. The fourth-order valence-corrected chi connectivity index (χ4v) is 1.06. The summed E-state index contributed by atoms with van der Waals surface area (Å²) in [5.41, 5.74) is 2.70. The third-order valence-corrected chi connectivity index (χ3v) is 1.62. The maximum absolute atomic E-state index is 11.1. The molecule has 1 heterocycles. The molecule has 1 aromatic rings. The Hall–Kier alpha value is -0.940. The highest BCUT2D eigenvalue weighted by Crippen LogP contribution is 2.07. The van der Waals surface area contributed by atoms with Gasteiger partial charge in [0.15, 0.2) is 0 Å². The number of carbonyl (C=O) groups is 1. The molecule has 4 nitrogen and oxygen atoms in total. The van der Waals surface area contributed by atoms with Crippen molar-refractivity contribution in [2.24, 2.45) is 0 Å². The van der Waals surface area contributed by atoms with Crippen LogP contribution in [0.1, 0.15) is 10.4 Å². The molecule has 0 unspecified atom stereocenters. The molecule has 0 fully saturated rings. The van der Waals surface area contributed by atoms with Gasteiger partial charge in [-0.3, -0.25) is 9.63 Å². The summed E-state index contributed by atoms with van der Waals surface area (Å²) in [5, 5.41) is 0. The second-order valence-electron chi connectivity index (χ2n) is 2.00. The first-order chi connectivity index (χ1) is 5.74. The predicted octanol–water partition coefficient (Wildman–Crippen LogP) is 1.14. The van der Waals surface area contributed by atoms with E-state index in [4.69, 9.17) is 0 Å². The summed E-state index contributed by atoms with van der Waals surface area (Å²) in [5.74, 6) is -0.291. The van der Waals surface area contributed by atoms with Crippen LogP contribution in [0.3, 0.4) is 0 Å². The third kappa shape index (κ3) is 2.28. The Kier molecular flexibility index (Phi) is 3.19. The number of hydrogen-bond donors (Lipinski definition) is 1. The number of halogens is 1. The number of amides is 1. The lowest BCUT2D eigenvalue weighted by Gasteiger charge is -2.00. The summed E-state index contributed by atoms with van der Waals surface area (Å²) in [6.45, 7) is 0. The van der Waals surface area contributed by atoms with Crippen molar-refractivity contribution in [3.05, 3.63) is 28.5 Å². The Bertz CT molecular complexity index is 290. The van der Waals surface area contributed by atoms with Crippen LogP contribution < -0.4 is 5.48 Å². The van der Waals surface area contributed by atoms with Crippen LogP contribution in [0.15, 0.2) is 22.9 Å². The van der Waals surface area contributed by atoms with Gasteiger partial charge in [-0.25, -0.2) is 10.5 Å². The molecule has 1 amide bonds. The molecule has 1 N–H and O–H groups in total. The number of pyridine rings is 1. The van der Waals surface area contributed by atoms with Gasteiger partial charge < -0.3 is 0 Å². The van der Waals surface area contributed by atoms with E-state index in [0.717, 1.165) is 0 Å². The average Bonchev–Trinajstić information content (AvgIpc) is 2.05. The van der Waals surface area contributed by atoms with Gasteiger partial charge in [0.2, 0.25) is 0 Å². The highest BCUT2D eigenvalue weighted by Gasteiger charge is 2.04. The number of aromatic nitrogens is 1. The highest BCUT2D eigenvalue weighted by atomic mass is 79.9. The van der Waals surface area contributed by atoms with Gasteiger partial charge in [0, 0.05) is 11.8 Å². The van der Waals surface area contributed by atoms with Crippen LogP contribution in [0.5, 0.6) is 0 Å². The fraction of sp³-hybridized carbons (Fsp3) is 0.143. The molecule has 0 saturated heterocycles. The topological polar surface area (TPSA) is 51.2 Å². The van der Waals surface area contributed by atoms with Gasteiger partial charge in [0.05, 0.1) is 7.11 Å². The standard InChI is InChI=1S/C7H7BrN2O2/c1-12-10-7(11)5-2-3-9-6(8)4-5/h2-4H,1H3,(H,10,11). The van der Waals surface area contributed by atoms with E-state index >= 15 is 0 Å². The molecule has 64 valence electrons. The summed E-state index contributed by atoms with van der Waals surface area (Å²) in [6, 6.07) is 3.20. The zero-order chi connectivity index (χ0) is 8.97. The Balaban J connectivity index is 2.81. The maximum atomic E-state index is 11.1. The van der Waals surface area contributed by atoms with Gasteiger partial charge in [-0.15, -0.1) is 0 Å². The van der Waals surface area contributed by atoms with Crippen LogP contribution in [0.25, 0.3) is 0 Å². The average molecular weight is 231 g/mol. The molecule has 0 bridgehead atoms. The van der Waals surface area contributed by atoms with Crippen LogP contribution in [0.4, 0.5) is 0 Å². The van der Waals surface area contributed by atoms with Gasteiger partial charge in [0.25, 0.3) is 5.91 Å². The molecular weight excluding hydrogens is 224 g/mol. The van der Waals surface area contributed by atoms with E-state index in [2.05, 4.69) is 31.2 Å². The second-order valence-corrected chi connectivity index (χ2v) is 2.82. The molecule has 0 spiro atoms. The Morgan fingerprint density at radius 3 is 3.08 bits per heavy atom. The van der Waals surface area contributed by atoms with Gasteiger partial charge in [0.1, 0.15) is 4.60 Å². The lowest BCUT2D eigenvalue weighted by atomic mass is 10.3. The SMILES string of the molecule is CONC(=O)c1ccnc(Br)c1. The fourth-order valence-electron chi connectivity index (χ4n) is 0.695. The maximum Gasteiger partial charge on any atom is 0.274 e. The number of nitrogens with one attached hydrogen (secondary N) is 1. The van der Waals surface area contributed by atoms with Gasteiger partial charge in [-0.2, -0.15) is 0 Å². The molecule has 0 aliphatic carbocycles. The Labute approximate surface area is 78.0 Å². The van der Waals surface area contributed by atoms with Gasteiger partial charge in [-0.05, 0) is 28.1 Å². The zero-order valence-corrected chi connectivity index (χ0v) is 7.96. The van der Waals surface area contributed by atoms with Gasteiger partial charge >= 0.3 is 0 Å². The summed E-state index contributed by atoms with van der Waals surface area (Å²) < 4.78 is 0.617. The summed E-state index contributed by atoms with van der Waals surface area (Å²) in [7, 11) is 1.38. The molecule has 0 aromatic carbocycles. The molecule has 12 heavy (non-hydrogen) atoms. The molecule has 1 rings (SSSR count). The first kappa shape index (κ1) is 9.15. The van der Waals surface area contributed by atoms with Crippen LogP contribution >= 0.6 is 15.9 Å². The molecule has 0 saturated carbocycles. The molecule has 0 aliphatic rings. The van der Waals surface area contributed by atoms with Crippen LogP contribution in [0, 0.1) is 0 Å². The van der Waals surface area contributed by atoms with Crippen molar-refractivity contribution in [3.8, 4) is 0 Å². The third-order valence-electron chi connectivity index (χ3n) is 1.18. The molecule has 0 aliphatic heterocycles. The van der Waals surface area contributed by atoms with E-state index in [1.165, 1.54) is 13.3 Å². The number of hydroxylamine groups is 1. The normalized spacial score (nSPS) is 9.50. The van der Waals surface area contributed by atoms with E-state index in [1.54, 1.807) is 12.1 Å². The van der Waals surface area contributed by atoms with Crippen molar-refractivity contribution < 1.29 is 9.63 Å². The smallest absolute Gasteiger partial charge is 0.274 e. The molecule has 1 aromatic heterocycles. The van der Waals surface area contributed by atoms with E-state index < -0.39 is 0 Å². The van der Waals surface area contributed by atoms with Gasteiger partial charge in [-0.1, -0.05) is 0 Å². The molecule has 5 heteroatoms. The van der Waals surface area contributed by atoms with Crippen molar-refractivity contribution in [1.29, 1.82) is 0 Å². The number of rotatable bonds is 2. The van der Waals surface area contributed by atoms with Crippen molar-refractivity contribution in [3.63, 3.8) is 0 Å². The molecule has 0 atom stereocenters. The summed E-state index contributed by atoms with van der Waals surface area (Å²) in [6.07, 6.45) is 1.54. The van der Waals surface area contributed by atoms with Crippen LogP contribution in [-0.2, 0) is 4.84 Å². The van der Waals surface area contributed by atoms with E-state index in [-0.39, 0.29) is 5.91 Å². The first-order valence-corrected chi connectivity index (χ1v) is 3.98. The van der Waals surface area contributed by atoms with E-state index in [9.17, 15) is 4.79 Å². The Morgan fingerprint density at radius 1 is 1.75 bits per heavy atom. The number of hydrogen-bond acceptors (Lipinski definition) is 3. The second kappa shape index (κ2) is 4.18. The van der Waals surface area contributed by atoms with E-state index in [0.29, 0.717) is 10.2 Å². The van der Waals surface area contributed by atoms with E-state index in [1.807, 2.05) is 0 Å². The van der Waals surface area contributed by atoms with Crippen molar-refractivity contribution >= 4 is 21.8 Å². The minimum Gasteiger partial charge on any atom is -0.277 e. The predicted molar refractivity (Wildman–Crippen MR) is 46.4 cm³/mol. The lowest BCUT2D eigenvalue weighted by Crippen LogP contribution is -2.21. The van der Waals surface area contributed by atoms with Crippen LogP contribution in [-0.4, -0.2) is 18.0 Å². The zero-order valence-electron chi connectivity index (χ0n) is 6.37. The molecular formula is C7H7BrN2O2. The monoisotopic (exact) mass is 230 g/mol. The number of nitrogens with zero attached hydrogens (tertiary/aromatic N) is 1. The number of carbonyl (C=O) groups excluding carboxylic acids is 1.